The van der Waals surface area contributed by atoms with E-state index in [9.17, 15) is 4.79 Å². The minimum atomic E-state index is 0.206. The highest BCUT2D eigenvalue weighted by Crippen LogP contribution is 2.30. The van der Waals surface area contributed by atoms with Gasteiger partial charge < -0.3 is 4.90 Å². The lowest BCUT2D eigenvalue weighted by Crippen LogP contribution is -2.37. The van der Waals surface area contributed by atoms with Gasteiger partial charge in [0.2, 0.25) is 5.91 Å². The van der Waals surface area contributed by atoms with Gasteiger partial charge in [0.05, 0.1) is 11.6 Å². The second kappa shape index (κ2) is 9.45. The van der Waals surface area contributed by atoms with Gasteiger partial charge >= 0.3 is 0 Å². The van der Waals surface area contributed by atoms with Gasteiger partial charge in [-0.15, -0.1) is 0 Å². The zero-order valence-corrected chi connectivity index (χ0v) is 17.9. The van der Waals surface area contributed by atoms with Crippen molar-refractivity contribution in [1.29, 1.82) is 5.26 Å². The fraction of sp³-hybridized carbons (Fsp3) is 0.462. The topological polar surface area (TPSA) is 47.3 Å². The zero-order chi connectivity index (χ0) is 20.9. The Morgan fingerprint density at radius 2 is 1.67 bits per heavy atom. The summed E-state index contributed by atoms with van der Waals surface area (Å²) in [7, 11) is 0. The summed E-state index contributed by atoms with van der Waals surface area (Å²) in [6.45, 7) is 5.34. The average molecular weight is 402 g/mol. The van der Waals surface area contributed by atoms with Crippen LogP contribution in [0.15, 0.2) is 48.5 Å². The molecule has 1 aliphatic carbocycles. The van der Waals surface area contributed by atoms with E-state index in [4.69, 9.17) is 5.26 Å². The minimum absolute atomic E-state index is 0.206. The van der Waals surface area contributed by atoms with Crippen molar-refractivity contribution in [3.05, 3.63) is 70.8 Å². The molecule has 0 aromatic heterocycles. The molecule has 1 aliphatic heterocycles. The first kappa shape index (κ1) is 20.6. The van der Waals surface area contributed by atoms with Gasteiger partial charge in [0.1, 0.15) is 0 Å². The molecule has 2 fully saturated rings. The van der Waals surface area contributed by atoms with Crippen LogP contribution in [-0.2, 0) is 24.3 Å². The van der Waals surface area contributed by atoms with Gasteiger partial charge in [-0.3, -0.25) is 9.69 Å². The number of amides is 1. The van der Waals surface area contributed by atoms with E-state index in [1.165, 1.54) is 29.5 Å². The molecule has 0 radical (unpaired) electrons. The number of piperidine rings is 1. The molecule has 0 bridgehead atoms. The van der Waals surface area contributed by atoms with Crippen LogP contribution in [0.5, 0.6) is 0 Å². The second-order valence-corrected chi connectivity index (χ2v) is 8.92. The number of hydrogen-bond donors (Lipinski definition) is 0. The Bertz CT molecular complexity index is 903. The number of rotatable bonds is 7. The Morgan fingerprint density at radius 1 is 1.00 bits per heavy atom. The first-order chi connectivity index (χ1) is 14.6. The minimum Gasteiger partial charge on any atom is -0.343 e. The smallest absolute Gasteiger partial charge is 0.219 e. The molecule has 4 heteroatoms. The average Bonchev–Trinajstić information content (AvgIpc) is 3.61. The lowest BCUT2D eigenvalue weighted by molar-refractivity contribution is -0.130. The van der Waals surface area contributed by atoms with E-state index in [2.05, 4.69) is 41.3 Å². The van der Waals surface area contributed by atoms with E-state index in [0.717, 1.165) is 51.0 Å². The normalized spacial score (nSPS) is 17.2. The number of benzene rings is 2. The summed E-state index contributed by atoms with van der Waals surface area (Å²) in [5, 5.41) is 9.15. The Balaban J connectivity index is 1.33. The van der Waals surface area contributed by atoms with Gasteiger partial charge in [-0.05, 0) is 66.8 Å². The van der Waals surface area contributed by atoms with Crippen LogP contribution in [0, 0.1) is 17.2 Å². The van der Waals surface area contributed by atoms with Gasteiger partial charge in [-0.1, -0.05) is 36.4 Å². The zero-order valence-electron chi connectivity index (χ0n) is 17.9. The summed E-state index contributed by atoms with van der Waals surface area (Å²) in [6, 6.07) is 20.0. The monoisotopic (exact) mass is 401 g/mol. The molecule has 2 aromatic rings. The summed E-state index contributed by atoms with van der Waals surface area (Å²) in [6.07, 6.45) is 5.88. The third kappa shape index (κ3) is 5.49. The van der Waals surface area contributed by atoms with Crippen molar-refractivity contribution in [2.75, 3.05) is 13.1 Å². The summed E-state index contributed by atoms with van der Waals surface area (Å²) in [5.41, 5.74) is 4.71. The standard InChI is InChI=1S/C26H31N3O/c1-20(30)28-13-11-22(12-14-28)15-21-5-7-23(8-6-21)18-29(26-9-10-26)19-25-4-2-3-24(16-25)17-27/h2-8,16,22,26H,9-15,18-19H2,1H3. The van der Waals surface area contributed by atoms with Crippen molar-refractivity contribution >= 4 is 5.91 Å². The molecule has 0 spiro atoms. The van der Waals surface area contributed by atoms with Crippen LogP contribution in [0.3, 0.4) is 0 Å². The molecule has 1 saturated heterocycles. The SMILES string of the molecule is CC(=O)N1CCC(Cc2ccc(CN(Cc3cccc(C#N)c3)C3CC3)cc2)CC1. The number of carbonyl (C=O) groups is 1. The van der Waals surface area contributed by atoms with Crippen molar-refractivity contribution in [3.8, 4) is 6.07 Å². The summed E-state index contributed by atoms with van der Waals surface area (Å²) >= 11 is 0. The van der Waals surface area contributed by atoms with E-state index in [1.807, 2.05) is 23.1 Å². The highest BCUT2D eigenvalue weighted by molar-refractivity contribution is 5.73. The van der Waals surface area contributed by atoms with Crippen molar-refractivity contribution < 1.29 is 4.79 Å². The van der Waals surface area contributed by atoms with Crippen LogP contribution in [0.1, 0.15) is 54.9 Å². The third-order valence-electron chi connectivity index (χ3n) is 6.50. The predicted molar refractivity (Wildman–Crippen MR) is 119 cm³/mol. The molecule has 0 unspecified atom stereocenters. The molecular weight excluding hydrogens is 370 g/mol. The third-order valence-corrected chi connectivity index (χ3v) is 6.50. The van der Waals surface area contributed by atoms with Gasteiger partial charge in [0, 0.05) is 39.1 Å². The largest absolute Gasteiger partial charge is 0.343 e. The van der Waals surface area contributed by atoms with Crippen molar-refractivity contribution in [1.82, 2.24) is 9.80 Å². The van der Waals surface area contributed by atoms with E-state index in [0.29, 0.717) is 12.0 Å². The summed E-state index contributed by atoms with van der Waals surface area (Å²) < 4.78 is 0. The summed E-state index contributed by atoms with van der Waals surface area (Å²) in [4.78, 5) is 16.0. The highest BCUT2D eigenvalue weighted by Gasteiger charge is 2.29. The summed E-state index contributed by atoms with van der Waals surface area (Å²) in [5.74, 6) is 0.888. The number of hydrogen-bond acceptors (Lipinski definition) is 3. The van der Waals surface area contributed by atoms with Crippen LogP contribution in [0.2, 0.25) is 0 Å². The molecule has 0 atom stereocenters. The molecule has 2 aromatic carbocycles. The van der Waals surface area contributed by atoms with Crippen LogP contribution in [0.25, 0.3) is 0 Å². The van der Waals surface area contributed by atoms with Crippen LogP contribution >= 0.6 is 0 Å². The maximum Gasteiger partial charge on any atom is 0.219 e. The first-order valence-electron chi connectivity index (χ1n) is 11.2. The van der Waals surface area contributed by atoms with Crippen LogP contribution < -0.4 is 0 Å². The first-order valence-corrected chi connectivity index (χ1v) is 11.2. The van der Waals surface area contributed by atoms with Crippen molar-refractivity contribution in [2.24, 2.45) is 5.92 Å². The van der Waals surface area contributed by atoms with E-state index in [-0.39, 0.29) is 5.91 Å². The molecule has 156 valence electrons. The maximum absolute atomic E-state index is 11.5. The van der Waals surface area contributed by atoms with Crippen LogP contribution in [-0.4, -0.2) is 34.8 Å². The number of nitrogens with zero attached hydrogens (tertiary/aromatic N) is 3. The number of nitriles is 1. The number of likely N-dealkylation sites (tertiary alicyclic amines) is 1. The maximum atomic E-state index is 11.5. The Labute approximate surface area is 180 Å². The van der Waals surface area contributed by atoms with E-state index in [1.54, 1.807) is 6.92 Å². The number of carbonyl (C=O) groups excluding carboxylic acids is 1. The Hall–Kier alpha value is -2.64. The molecule has 1 saturated carbocycles. The molecule has 1 heterocycles. The Kier molecular flexibility index (Phi) is 6.50. The second-order valence-electron chi connectivity index (χ2n) is 8.92. The molecule has 4 nitrogen and oxygen atoms in total. The Morgan fingerprint density at radius 3 is 2.30 bits per heavy atom. The molecule has 0 N–H and O–H groups in total. The van der Waals surface area contributed by atoms with E-state index < -0.39 is 0 Å². The van der Waals surface area contributed by atoms with Crippen molar-refractivity contribution in [2.45, 2.75) is 58.2 Å². The fourth-order valence-electron chi connectivity index (χ4n) is 4.53. The molecular formula is C26H31N3O. The van der Waals surface area contributed by atoms with Gasteiger partial charge in [-0.25, -0.2) is 0 Å². The van der Waals surface area contributed by atoms with E-state index >= 15 is 0 Å². The highest BCUT2D eigenvalue weighted by atomic mass is 16.2. The predicted octanol–water partition coefficient (Wildman–Crippen LogP) is 4.52. The molecule has 4 rings (SSSR count). The lowest BCUT2D eigenvalue weighted by Gasteiger charge is -2.31. The molecule has 30 heavy (non-hydrogen) atoms. The quantitative estimate of drug-likeness (QED) is 0.685. The molecule has 2 aliphatic rings. The lowest BCUT2D eigenvalue weighted by atomic mass is 9.90. The fourth-order valence-corrected chi connectivity index (χ4v) is 4.53. The van der Waals surface area contributed by atoms with Gasteiger partial charge in [0.15, 0.2) is 0 Å². The van der Waals surface area contributed by atoms with Gasteiger partial charge in [0.25, 0.3) is 0 Å². The van der Waals surface area contributed by atoms with Crippen LogP contribution in [0.4, 0.5) is 0 Å². The molecule has 1 amide bonds. The van der Waals surface area contributed by atoms with Crippen molar-refractivity contribution in [3.63, 3.8) is 0 Å². The van der Waals surface area contributed by atoms with Gasteiger partial charge in [-0.2, -0.15) is 5.26 Å².